The standard InChI is InChI=1S/C14H15F4N3O2/c1-8(22)20-10-3-5-12(14(16,17)18)21(7-10)13(23)11-4-2-9(15)6-19-11/h2,4,6,10,12H,3,5,7H2,1H3,(H,20,22)/t10-,12+/m0/s1. The highest BCUT2D eigenvalue weighted by Crippen LogP contribution is 2.32. The van der Waals surface area contributed by atoms with Crippen LogP contribution >= 0.6 is 0 Å². The molecule has 23 heavy (non-hydrogen) atoms. The first kappa shape index (κ1) is 17.2. The molecule has 2 atom stereocenters. The van der Waals surface area contributed by atoms with Gasteiger partial charge in [-0.25, -0.2) is 9.37 Å². The lowest BCUT2D eigenvalue weighted by atomic mass is 9.97. The Balaban J connectivity index is 2.25. The highest BCUT2D eigenvalue weighted by atomic mass is 19.4. The summed E-state index contributed by atoms with van der Waals surface area (Å²) < 4.78 is 52.3. The summed E-state index contributed by atoms with van der Waals surface area (Å²) >= 11 is 0. The van der Waals surface area contributed by atoms with Crippen LogP contribution in [0.5, 0.6) is 0 Å². The van der Waals surface area contributed by atoms with Crippen molar-refractivity contribution in [2.24, 2.45) is 0 Å². The predicted molar refractivity (Wildman–Crippen MR) is 71.9 cm³/mol. The molecule has 0 bridgehead atoms. The van der Waals surface area contributed by atoms with E-state index in [9.17, 15) is 27.2 Å². The van der Waals surface area contributed by atoms with Gasteiger partial charge in [0.2, 0.25) is 5.91 Å². The minimum Gasteiger partial charge on any atom is -0.352 e. The van der Waals surface area contributed by atoms with Gasteiger partial charge in [-0.1, -0.05) is 0 Å². The van der Waals surface area contributed by atoms with Gasteiger partial charge in [0.15, 0.2) is 0 Å². The van der Waals surface area contributed by atoms with E-state index in [1.165, 1.54) is 6.92 Å². The number of carbonyl (C=O) groups is 2. The van der Waals surface area contributed by atoms with Crippen molar-refractivity contribution < 1.29 is 27.2 Å². The number of alkyl halides is 3. The van der Waals surface area contributed by atoms with Gasteiger partial charge in [0.25, 0.3) is 5.91 Å². The van der Waals surface area contributed by atoms with Gasteiger partial charge in [0.1, 0.15) is 17.6 Å². The van der Waals surface area contributed by atoms with Crippen molar-refractivity contribution in [3.8, 4) is 0 Å². The second-order valence-corrected chi connectivity index (χ2v) is 5.35. The van der Waals surface area contributed by atoms with E-state index in [2.05, 4.69) is 10.3 Å². The van der Waals surface area contributed by atoms with E-state index in [4.69, 9.17) is 0 Å². The maximum atomic E-state index is 13.2. The molecule has 126 valence electrons. The second-order valence-electron chi connectivity index (χ2n) is 5.35. The topological polar surface area (TPSA) is 62.3 Å². The molecule has 1 saturated heterocycles. The molecule has 0 aliphatic carbocycles. The van der Waals surface area contributed by atoms with Crippen LogP contribution in [0.15, 0.2) is 18.3 Å². The SMILES string of the molecule is CC(=O)N[C@H]1CC[C@H](C(F)(F)F)N(C(=O)c2ccc(F)cn2)C1. The normalized spacial score (nSPS) is 21.9. The molecule has 0 saturated carbocycles. The summed E-state index contributed by atoms with van der Waals surface area (Å²) in [6.07, 6.45) is -4.02. The lowest BCUT2D eigenvalue weighted by molar-refractivity contribution is -0.184. The molecule has 2 rings (SSSR count). The van der Waals surface area contributed by atoms with Gasteiger partial charge in [-0.3, -0.25) is 9.59 Å². The monoisotopic (exact) mass is 333 g/mol. The van der Waals surface area contributed by atoms with Crippen molar-refractivity contribution in [2.75, 3.05) is 6.54 Å². The molecule has 5 nitrogen and oxygen atoms in total. The highest BCUT2D eigenvalue weighted by Gasteiger charge is 2.48. The lowest BCUT2D eigenvalue weighted by Gasteiger charge is -2.40. The molecule has 1 aliphatic heterocycles. The minimum absolute atomic E-state index is 0.115. The van der Waals surface area contributed by atoms with E-state index >= 15 is 0 Å². The molecule has 2 heterocycles. The van der Waals surface area contributed by atoms with E-state index in [0.29, 0.717) is 4.90 Å². The van der Waals surface area contributed by atoms with Gasteiger partial charge in [-0.15, -0.1) is 0 Å². The first-order valence-corrected chi connectivity index (χ1v) is 6.95. The number of pyridine rings is 1. The quantitative estimate of drug-likeness (QED) is 0.841. The molecule has 1 fully saturated rings. The number of aromatic nitrogens is 1. The average Bonchev–Trinajstić information content (AvgIpc) is 2.45. The number of nitrogens with one attached hydrogen (secondary N) is 1. The number of amides is 2. The third kappa shape index (κ3) is 4.17. The van der Waals surface area contributed by atoms with Gasteiger partial charge < -0.3 is 10.2 Å². The molecule has 0 spiro atoms. The Hall–Kier alpha value is -2.19. The third-order valence-corrected chi connectivity index (χ3v) is 3.57. The Labute approximate surface area is 129 Å². The molecule has 2 amide bonds. The summed E-state index contributed by atoms with van der Waals surface area (Å²) in [7, 11) is 0. The maximum absolute atomic E-state index is 13.2. The number of rotatable bonds is 2. The van der Waals surface area contributed by atoms with Crippen LogP contribution in [0.25, 0.3) is 0 Å². The van der Waals surface area contributed by atoms with Gasteiger partial charge in [0, 0.05) is 19.5 Å². The second kappa shape index (κ2) is 6.51. The summed E-state index contributed by atoms with van der Waals surface area (Å²) in [5.41, 5.74) is -0.274. The van der Waals surface area contributed by atoms with Crippen molar-refractivity contribution in [1.82, 2.24) is 15.2 Å². The zero-order chi connectivity index (χ0) is 17.2. The van der Waals surface area contributed by atoms with E-state index in [1.807, 2.05) is 0 Å². The maximum Gasteiger partial charge on any atom is 0.408 e. The number of nitrogens with zero attached hydrogens (tertiary/aromatic N) is 2. The number of hydrogen-bond acceptors (Lipinski definition) is 3. The van der Waals surface area contributed by atoms with Gasteiger partial charge in [-0.05, 0) is 25.0 Å². The van der Waals surface area contributed by atoms with Crippen molar-refractivity contribution in [1.29, 1.82) is 0 Å². The molecule has 0 radical (unpaired) electrons. The van der Waals surface area contributed by atoms with E-state index in [0.717, 1.165) is 18.3 Å². The summed E-state index contributed by atoms with van der Waals surface area (Å²) in [6.45, 7) is 0.977. The van der Waals surface area contributed by atoms with Crippen LogP contribution in [0.2, 0.25) is 0 Å². The van der Waals surface area contributed by atoms with Crippen LogP contribution in [-0.2, 0) is 4.79 Å². The molecular formula is C14H15F4N3O2. The van der Waals surface area contributed by atoms with Crippen LogP contribution in [0, 0.1) is 5.82 Å². The van der Waals surface area contributed by atoms with Crippen LogP contribution in [-0.4, -0.2) is 46.5 Å². The number of likely N-dealkylation sites (tertiary alicyclic amines) is 1. The molecule has 1 aromatic rings. The van der Waals surface area contributed by atoms with E-state index < -0.39 is 30.0 Å². The van der Waals surface area contributed by atoms with Gasteiger partial charge >= 0.3 is 6.18 Å². The summed E-state index contributed by atoms with van der Waals surface area (Å²) in [5.74, 6) is -2.01. The fourth-order valence-electron chi connectivity index (χ4n) is 2.59. The number of piperidine rings is 1. The molecule has 1 N–H and O–H groups in total. The first-order chi connectivity index (χ1) is 10.7. The van der Waals surface area contributed by atoms with Gasteiger partial charge in [-0.2, -0.15) is 13.2 Å². The predicted octanol–water partition coefficient (Wildman–Crippen LogP) is 1.89. The Morgan fingerprint density at radius 2 is 2.00 bits per heavy atom. The summed E-state index contributed by atoms with van der Waals surface area (Å²) in [5, 5.41) is 2.52. The van der Waals surface area contributed by atoms with Crippen LogP contribution < -0.4 is 5.32 Å². The number of halogens is 4. The number of carbonyl (C=O) groups excluding carboxylic acids is 2. The highest BCUT2D eigenvalue weighted by molar-refractivity contribution is 5.92. The lowest BCUT2D eigenvalue weighted by Crippen LogP contribution is -2.58. The fraction of sp³-hybridized carbons (Fsp3) is 0.500. The van der Waals surface area contributed by atoms with Gasteiger partial charge in [0.05, 0.1) is 6.20 Å². The zero-order valence-corrected chi connectivity index (χ0v) is 12.2. The Bertz CT molecular complexity index is 589. The zero-order valence-electron chi connectivity index (χ0n) is 12.2. The molecule has 9 heteroatoms. The molecular weight excluding hydrogens is 318 g/mol. The van der Waals surface area contributed by atoms with Crippen molar-refractivity contribution in [3.63, 3.8) is 0 Å². The Morgan fingerprint density at radius 3 is 2.52 bits per heavy atom. The van der Waals surface area contributed by atoms with E-state index in [1.54, 1.807) is 0 Å². The van der Waals surface area contributed by atoms with Crippen LogP contribution in [0.4, 0.5) is 17.6 Å². The van der Waals surface area contributed by atoms with E-state index in [-0.39, 0.29) is 31.0 Å². The third-order valence-electron chi connectivity index (χ3n) is 3.57. The largest absolute Gasteiger partial charge is 0.408 e. The molecule has 1 aliphatic rings. The Kier molecular flexibility index (Phi) is 4.86. The minimum atomic E-state index is -4.59. The fourth-order valence-corrected chi connectivity index (χ4v) is 2.59. The summed E-state index contributed by atoms with van der Waals surface area (Å²) in [6, 6.07) is -0.520. The smallest absolute Gasteiger partial charge is 0.352 e. The number of hydrogen-bond donors (Lipinski definition) is 1. The molecule has 0 unspecified atom stereocenters. The van der Waals surface area contributed by atoms with Crippen molar-refractivity contribution >= 4 is 11.8 Å². The first-order valence-electron chi connectivity index (χ1n) is 6.95. The van der Waals surface area contributed by atoms with Crippen LogP contribution in [0.3, 0.4) is 0 Å². The molecule has 0 aromatic carbocycles. The van der Waals surface area contributed by atoms with Crippen molar-refractivity contribution in [3.05, 3.63) is 29.8 Å². The van der Waals surface area contributed by atoms with Crippen molar-refractivity contribution in [2.45, 2.75) is 38.0 Å². The van der Waals surface area contributed by atoms with Crippen LogP contribution in [0.1, 0.15) is 30.3 Å². The average molecular weight is 333 g/mol. The summed E-state index contributed by atoms with van der Waals surface area (Å²) in [4.78, 5) is 27.6. The Morgan fingerprint density at radius 1 is 1.30 bits per heavy atom. The molecule has 1 aromatic heterocycles.